The first kappa shape index (κ1) is 21.3. The van der Waals surface area contributed by atoms with Crippen molar-refractivity contribution in [3.63, 3.8) is 0 Å². The normalized spacial score (nSPS) is 10.4. The SMILES string of the molecule is O=C(C[n+]1ccc(Cc2ccc([N+](=O)[O-])cc2)cc1)c1cccc2ccccc12.[Br-]. The van der Waals surface area contributed by atoms with Crippen LogP contribution in [0.4, 0.5) is 5.69 Å². The van der Waals surface area contributed by atoms with E-state index in [0.717, 1.165) is 27.5 Å². The fourth-order valence-electron chi connectivity index (χ4n) is 3.40. The number of fused-ring (bicyclic) bond motifs is 1. The summed E-state index contributed by atoms with van der Waals surface area (Å²) in [5, 5.41) is 12.8. The van der Waals surface area contributed by atoms with Gasteiger partial charge in [-0.15, -0.1) is 0 Å². The average molecular weight is 463 g/mol. The minimum Gasteiger partial charge on any atom is -1.00 e. The van der Waals surface area contributed by atoms with E-state index in [1.165, 1.54) is 12.1 Å². The molecule has 150 valence electrons. The molecule has 0 radical (unpaired) electrons. The summed E-state index contributed by atoms with van der Waals surface area (Å²) in [6.07, 6.45) is 4.46. The molecule has 1 aromatic heterocycles. The highest BCUT2D eigenvalue weighted by atomic mass is 79.9. The maximum atomic E-state index is 12.8. The Labute approximate surface area is 184 Å². The minimum absolute atomic E-state index is 0. The minimum atomic E-state index is -0.401. The number of Topliss-reactive ketones (excluding diaryl/α,β-unsaturated/α-hetero) is 1. The monoisotopic (exact) mass is 462 g/mol. The van der Waals surface area contributed by atoms with Crippen LogP contribution >= 0.6 is 0 Å². The van der Waals surface area contributed by atoms with E-state index in [9.17, 15) is 14.9 Å². The molecule has 4 aromatic rings. The van der Waals surface area contributed by atoms with E-state index in [4.69, 9.17) is 0 Å². The molecule has 0 aliphatic carbocycles. The number of rotatable bonds is 6. The van der Waals surface area contributed by atoms with Gasteiger partial charge in [-0.1, -0.05) is 54.6 Å². The number of hydrogen-bond donors (Lipinski definition) is 0. The van der Waals surface area contributed by atoms with Crippen molar-refractivity contribution in [3.05, 3.63) is 118 Å². The van der Waals surface area contributed by atoms with Crippen molar-refractivity contribution in [2.75, 3.05) is 0 Å². The zero-order valence-corrected chi connectivity index (χ0v) is 17.7. The van der Waals surface area contributed by atoms with Crippen LogP contribution in [0.5, 0.6) is 0 Å². The molecule has 0 saturated carbocycles. The number of benzene rings is 3. The van der Waals surface area contributed by atoms with Crippen molar-refractivity contribution in [2.45, 2.75) is 13.0 Å². The second-order valence-electron chi connectivity index (χ2n) is 6.93. The molecule has 4 rings (SSSR count). The molecule has 30 heavy (non-hydrogen) atoms. The van der Waals surface area contributed by atoms with Crippen molar-refractivity contribution in [1.82, 2.24) is 0 Å². The van der Waals surface area contributed by atoms with Crippen LogP contribution in [0.15, 0.2) is 91.3 Å². The van der Waals surface area contributed by atoms with Crippen LogP contribution in [-0.2, 0) is 13.0 Å². The number of pyridine rings is 1. The summed E-state index contributed by atoms with van der Waals surface area (Å²) in [7, 11) is 0. The Hall–Kier alpha value is -3.38. The number of halogens is 1. The number of hydrogen-bond acceptors (Lipinski definition) is 3. The maximum absolute atomic E-state index is 12.8. The molecule has 0 aliphatic rings. The summed E-state index contributed by atoms with van der Waals surface area (Å²) >= 11 is 0. The molecule has 0 atom stereocenters. The summed E-state index contributed by atoms with van der Waals surface area (Å²) < 4.78 is 1.86. The number of carbonyl (C=O) groups excluding carboxylic acids is 1. The van der Waals surface area contributed by atoms with Gasteiger partial charge >= 0.3 is 0 Å². The summed E-state index contributed by atoms with van der Waals surface area (Å²) in [6.45, 7) is 0.270. The number of aromatic nitrogens is 1. The maximum Gasteiger partial charge on any atom is 0.269 e. The Morgan fingerprint density at radius 2 is 1.47 bits per heavy atom. The van der Waals surface area contributed by atoms with Gasteiger partial charge in [0.25, 0.3) is 5.69 Å². The van der Waals surface area contributed by atoms with E-state index >= 15 is 0 Å². The number of ketones is 1. The fourth-order valence-corrected chi connectivity index (χ4v) is 3.40. The van der Waals surface area contributed by atoms with E-state index in [0.29, 0.717) is 6.42 Å². The van der Waals surface area contributed by atoms with E-state index in [2.05, 4.69) is 0 Å². The predicted molar refractivity (Wildman–Crippen MR) is 111 cm³/mol. The molecule has 0 fully saturated rings. The van der Waals surface area contributed by atoms with Crippen LogP contribution in [0.1, 0.15) is 21.5 Å². The van der Waals surface area contributed by atoms with Crippen molar-refractivity contribution in [3.8, 4) is 0 Å². The second kappa shape index (κ2) is 9.41. The van der Waals surface area contributed by atoms with E-state index < -0.39 is 4.92 Å². The van der Waals surface area contributed by atoms with Gasteiger partial charge in [0, 0.05) is 29.8 Å². The quantitative estimate of drug-likeness (QED) is 0.189. The lowest BCUT2D eigenvalue weighted by Crippen LogP contribution is -3.00. The van der Waals surface area contributed by atoms with Crippen LogP contribution in [-0.4, -0.2) is 10.7 Å². The molecular weight excluding hydrogens is 444 g/mol. The Bertz CT molecular complexity index is 1180. The van der Waals surface area contributed by atoms with Crippen molar-refractivity contribution in [1.29, 1.82) is 0 Å². The molecule has 0 aliphatic heterocycles. The van der Waals surface area contributed by atoms with Gasteiger partial charge in [0.15, 0.2) is 12.4 Å². The second-order valence-corrected chi connectivity index (χ2v) is 6.93. The van der Waals surface area contributed by atoms with Gasteiger partial charge in [-0.3, -0.25) is 14.9 Å². The molecule has 0 saturated heterocycles. The Balaban J connectivity index is 0.00000256. The number of non-ortho nitro benzene ring substituents is 1. The van der Waals surface area contributed by atoms with Crippen molar-refractivity contribution >= 4 is 22.2 Å². The Morgan fingerprint density at radius 1 is 0.833 bits per heavy atom. The summed E-state index contributed by atoms with van der Waals surface area (Å²) in [6, 6.07) is 24.2. The molecule has 6 heteroatoms. The number of nitrogens with zero attached hydrogens (tertiary/aromatic N) is 2. The van der Waals surface area contributed by atoms with Gasteiger partial charge in [-0.05, 0) is 28.3 Å². The Kier molecular flexibility index (Phi) is 6.69. The third-order valence-corrected chi connectivity index (χ3v) is 4.93. The highest BCUT2D eigenvalue weighted by molar-refractivity contribution is 6.07. The van der Waals surface area contributed by atoms with Gasteiger partial charge in [0.05, 0.1) is 4.92 Å². The zero-order chi connectivity index (χ0) is 20.2. The van der Waals surface area contributed by atoms with E-state index in [-0.39, 0.29) is 35.0 Å². The largest absolute Gasteiger partial charge is 1.00 e. The van der Waals surface area contributed by atoms with Gasteiger partial charge in [0.1, 0.15) is 0 Å². The summed E-state index contributed by atoms with van der Waals surface area (Å²) in [5.74, 6) is 0.0647. The van der Waals surface area contributed by atoms with Gasteiger partial charge < -0.3 is 17.0 Å². The van der Waals surface area contributed by atoms with Gasteiger partial charge in [-0.2, -0.15) is 4.57 Å². The molecule has 1 heterocycles. The first-order valence-corrected chi connectivity index (χ1v) is 9.32. The first-order chi connectivity index (χ1) is 14.1. The smallest absolute Gasteiger partial charge is 0.269 e. The highest BCUT2D eigenvalue weighted by Gasteiger charge is 2.15. The van der Waals surface area contributed by atoms with Crippen LogP contribution < -0.4 is 21.5 Å². The topological polar surface area (TPSA) is 64.1 Å². The van der Waals surface area contributed by atoms with Crippen LogP contribution in [0, 0.1) is 10.1 Å². The van der Waals surface area contributed by atoms with E-state index in [1.54, 1.807) is 12.1 Å². The molecular formula is C24H19BrN2O3. The third kappa shape index (κ3) is 4.78. The Morgan fingerprint density at radius 3 is 2.17 bits per heavy atom. The number of nitro benzene ring substituents is 1. The predicted octanol–water partition coefficient (Wildman–Crippen LogP) is 1.51. The lowest BCUT2D eigenvalue weighted by atomic mass is 10.0. The summed E-state index contributed by atoms with van der Waals surface area (Å²) in [5.41, 5.74) is 2.89. The van der Waals surface area contributed by atoms with Crippen LogP contribution in [0.3, 0.4) is 0 Å². The molecule has 0 unspecified atom stereocenters. The fraction of sp³-hybridized carbons (Fsp3) is 0.0833. The molecule has 0 N–H and O–H groups in total. The van der Waals surface area contributed by atoms with Crippen LogP contribution in [0.25, 0.3) is 10.8 Å². The molecule has 3 aromatic carbocycles. The molecule has 0 bridgehead atoms. The van der Waals surface area contributed by atoms with Crippen molar-refractivity contribution in [2.24, 2.45) is 0 Å². The van der Waals surface area contributed by atoms with Crippen molar-refractivity contribution < 1.29 is 31.3 Å². The van der Waals surface area contributed by atoms with Crippen LogP contribution in [0.2, 0.25) is 0 Å². The zero-order valence-electron chi connectivity index (χ0n) is 16.1. The lowest BCUT2D eigenvalue weighted by molar-refractivity contribution is -0.683. The molecule has 0 spiro atoms. The molecule has 5 nitrogen and oxygen atoms in total. The number of nitro groups is 1. The number of carbonyl (C=O) groups is 1. The highest BCUT2D eigenvalue weighted by Crippen LogP contribution is 2.19. The lowest BCUT2D eigenvalue weighted by Gasteiger charge is -2.05. The first-order valence-electron chi connectivity index (χ1n) is 9.32. The van der Waals surface area contributed by atoms with Gasteiger partial charge in [0.2, 0.25) is 12.3 Å². The molecule has 0 amide bonds. The van der Waals surface area contributed by atoms with Gasteiger partial charge in [-0.25, -0.2) is 0 Å². The standard InChI is InChI=1S/C24H19N2O3.BrH/c27-24(23-7-3-5-20-4-1-2-6-22(20)23)17-25-14-12-19(13-15-25)16-18-8-10-21(11-9-18)26(28)29;/h1-15H,16-17H2;1H/q+1;/p-1. The average Bonchev–Trinajstić information content (AvgIpc) is 2.75. The third-order valence-electron chi connectivity index (χ3n) is 4.93. The summed E-state index contributed by atoms with van der Waals surface area (Å²) in [4.78, 5) is 23.2. The van der Waals surface area contributed by atoms with E-state index in [1.807, 2.05) is 71.6 Å².